The number of carbonyl (C=O) groups is 1. The molecule has 0 aliphatic carbocycles. The molecule has 0 fully saturated rings. The van der Waals surface area contributed by atoms with Crippen LogP contribution in [-0.4, -0.2) is 12.8 Å². The lowest BCUT2D eigenvalue weighted by Crippen LogP contribution is -2.19. The van der Waals surface area contributed by atoms with E-state index in [2.05, 4.69) is 52.0 Å². The van der Waals surface area contributed by atoms with Gasteiger partial charge in [-0.1, -0.05) is 45.8 Å². The Hall–Kier alpha value is -1.61. The highest BCUT2D eigenvalue weighted by Crippen LogP contribution is 2.25. The van der Waals surface area contributed by atoms with Crippen molar-refractivity contribution in [2.75, 3.05) is 11.9 Å². The lowest BCUT2D eigenvalue weighted by molar-refractivity contribution is 0.101. The molecule has 0 aromatic heterocycles. The molecule has 2 rings (SSSR count). The number of carbonyl (C=O) groups excluding carboxylic acids is 1. The predicted molar refractivity (Wildman–Crippen MR) is 87.4 cm³/mol. The predicted octanol–water partition coefficient (Wildman–Crippen LogP) is 4.60. The topological polar surface area (TPSA) is 20.3 Å². The maximum Gasteiger partial charge on any atom is 0.161 e. The minimum absolute atomic E-state index is 0.0806. The van der Waals surface area contributed by atoms with Gasteiger partial charge in [-0.25, -0.2) is 0 Å². The zero-order chi connectivity index (χ0) is 14.7. The van der Waals surface area contributed by atoms with Crippen molar-refractivity contribution in [3.05, 3.63) is 63.6 Å². The fraction of sp³-hybridized carbons (Fsp3) is 0.235. The van der Waals surface area contributed by atoms with Gasteiger partial charge in [0.05, 0.1) is 0 Å². The van der Waals surface area contributed by atoms with E-state index in [0.29, 0.717) is 0 Å². The monoisotopic (exact) mass is 331 g/mol. The number of aryl methyl sites for hydroxylation is 1. The summed E-state index contributed by atoms with van der Waals surface area (Å²) in [7, 11) is 2.01. The van der Waals surface area contributed by atoms with E-state index in [4.69, 9.17) is 0 Å². The summed E-state index contributed by atoms with van der Waals surface area (Å²) >= 11 is 3.42. The van der Waals surface area contributed by atoms with Gasteiger partial charge >= 0.3 is 0 Å². The largest absolute Gasteiger partial charge is 0.370 e. The summed E-state index contributed by atoms with van der Waals surface area (Å²) in [5.74, 6) is 0.0806. The van der Waals surface area contributed by atoms with Gasteiger partial charge in [0, 0.05) is 29.3 Å². The van der Waals surface area contributed by atoms with Crippen LogP contribution in [0.5, 0.6) is 0 Å². The molecule has 2 nitrogen and oxygen atoms in total. The summed E-state index contributed by atoms with van der Waals surface area (Å²) in [6.07, 6.45) is 0. The Morgan fingerprint density at radius 3 is 2.40 bits per heavy atom. The van der Waals surface area contributed by atoms with Gasteiger partial charge in [0.1, 0.15) is 0 Å². The molecule has 0 aliphatic rings. The quantitative estimate of drug-likeness (QED) is 0.763. The van der Waals surface area contributed by atoms with Crippen molar-refractivity contribution in [1.29, 1.82) is 0 Å². The van der Waals surface area contributed by atoms with Crippen molar-refractivity contribution >= 4 is 27.4 Å². The van der Waals surface area contributed by atoms with Gasteiger partial charge in [-0.15, -0.1) is 0 Å². The second kappa shape index (κ2) is 6.23. The summed E-state index contributed by atoms with van der Waals surface area (Å²) in [6.45, 7) is 4.46. The van der Waals surface area contributed by atoms with E-state index >= 15 is 0 Å². The zero-order valence-corrected chi connectivity index (χ0v) is 13.6. The molecule has 0 aliphatic heterocycles. The van der Waals surface area contributed by atoms with Crippen molar-refractivity contribution in [1.82, 2.24) is 0 Å². The molecule has 3 heteroatoms. The molecule has 0 saturated heterocycles. The lowest BCUT2D eigenvalue weighted by Gasteiger charge is -2.22. The molecule has 2 aromatic carbocycles. The first kappa shape index (κ1) is 14.8. The van der Waals surface area contributed by atoms with Crippen LogP contribution in [0.25, 0.3) is 0 Å². The first-order valence-electron chi connectivity index (χ1n) is 6.54. The van der Waals surface area contributed by atoms with Crippen LogP contribution in [-0.2, 0) is 6.54 Å². The highest BCUT2D eigenvalue weighted by atomic mass is 79.9. The van der Waals surface area contributed by atoms with Crippen LogP contribution in [0.2, 0.25) is 0 Å². The molecule has 0 atom stereocenters. The lowest BCUT2D eigenvalue weighted by atomic mass is 10.1. The molecule has 0 radical (unpaired) electrons. The van der Waals surface area contributed by atoms with E-state index in [1.165, 1.54) is 11.1 Å². The van der Waals surface area contributed by atoms with Crippen LogP contribution >= 0.6 is 15.9 Å². The summed E-state index contributed by atoms with van der Waals surface area (Å²) in [5, 5.41) is 0. The number of Topliss-reactive ketones (excluding diaryl/α,β-unsaturated/α-hetero) is 1. The van der Waals surface area contributed by atoms with E-state index < -0.39 is 0 Å². The molecule has 0 N–H and O–H groups in total. The van der Waals surface area contributed by atoms with Crippen molar-refractivity contribution < 1.29 is 4.79 Å². The number of benzene rings is 2. The summed E-state index contributed by atoms with van der Waals surface area (Å²) in [4.78, 5) is 13.9. The normalized spacial score (nSPS) is 10.4. The number of rotatable bonds is 4. The van der Waals surface area contributed by atoms with Crippen LogP contribution in [0.15, 0.2) is 46.9 Å². The molecule has 104 valence electrons. The van der Waals surface area contributed by atoms with Gasteiger partial charge in [0.2, 0.25) is 0 Å². The second-order valence-corrected chi connectivity index (χ2v) is 5.97. The maximum absolute atomic E-state index is 11.8. The molecule has 20 heavy (non-hydrogen) atoms. The van der Waals surface area contributed by atoms with Crippen LogP contribution in [0.1, 0.15) is 28.4 Å². The minimum Gasteiger partial charge on any atom is -0.370 e. The fourth-order valence-corrected chi connectivity index (χ4v) is 2.54. The third kappa shape index (κ3) is 3.48. The number of halogens is 1. The van der Waals surface area contributed by atoms with E-state index in [9.17, 15) is 4.79 Å². The first-order chi connectivity index (χ1) is 9.47. The summed E-state index contributed by atoms with van der Waals surface area (Å²) in [6, 6.07) is 14.3. The molecule has 0 saturated carbocycles. The molecule has 2 aromatic rings. The Bertz CT molecular complexity index is 619. The second-order valence-electron chi connectivity index (χ2n) is 5.06. The van der Waals surface area contributed by atoms with E-state index in [0.717, 1.165) is 22.3 Å². The van der Waals surface area contributed by atoms with E-state index in [1.54, 1.807) is 6.92 Å². The van der Waals surface area contributed by atoms with Gasteiger partial charge < -0.3 is 4.90 Å². The van der Waals surface area contributed by atoms with Gasteiger partial charge in [-0.2, -0.15) is 0 Å². The van der Waals surface area contributed by atoms with E-state index in [-0.39, 0.29) is 5.78 Å². The van der Waals surface area contributed by atoms with Gasteiger partial charge in [-0.3, -0.25) is 4.79 Å². The maximum atomic E-state index is 11.8. The summed E-state index contributed by atoms with van der Waals surface area (Å²) in [5.41, 5.74) is 4.19. The Morgan fingerprint density at radius 2 is 1.80 bits per heavy atom. The number of anilines is 1. The zero-order valence-electron chi connectivity index (χ0n) is 12.0. The number of hydrogen-bond donors (Lipinski definition) is 0. The van der Waals surface area contributed by atoms with Crippen molar-refractivity contribution in [2.24, 2.45) is 0 Å². The molecule has 0 amide bonds. The van der Waals surface area contributed by atoms with Crippen LogP contribution in [0, 0.1) is 6.92 Å². The molecule has 0 heterocycles. The average Bonchev–Trinajstić information content (AvgIpc) is 2.41. The smallest absolute Gasteiger partial charge is 0.161 e. The standard InChI is InChI=1S/C17H18BrNO/c1-12-4-6-14(7-5-12)11-19(3)17-9-8-15(18)10-16(17)13(2)20/h4-10H,11H2,1-3H3. The third-order valence-corrected chi connectivity index (χ3v) is 3.78. The SMILES string of the molecule is CC(=O)c1cc(Br)ccc1N(C)Cc1ccc(C)cc1. The Balaban J connectivity index is 2.27. The number of nitrogens with zero attached hydrogens (tertiary/aromatic N) is 1. The third-order valence-electron chi connectivity index (χ3n) is 3.29. The van der Waals surface area contributed by atoms with Crippen LogP contribution in [0.3, 0.4) is 0 Å². The Kier molecular flexibility index (Phi) is 4.61. The van der Waals surface area contributed by atoms with Crippen molar-refractivity contribution in [2.45, 2.75) is 20.4 Å². The van der Waals surface area contributed by atoms with E-state index in [1.807, 2.05) is 25.2 Å². The van der Waals surface area contributed by atoms with Gasteiger partial charge in [0.15, 0.2) is 5.78 Å². The Labute approximate surface area is 128 Å². The molecule has 0 unspecified atom stereocenters. The van der Waals surface area contributed by atoms with Gasteiger partial charge in [0.25, 0.3) is 0 Å². The number of ketones is 1. The first-order valence-corrected chi connectivity index (χ1v) is 7.34. The van der Waals surface area contributed by atoms with Gasteiger partial charge in [-0.05, 0) is 37.6 Å². The molecular weight excluding hydrogens is 314 g/mol. The highest BCUT2D eigenvalue weighted by Gasteiger charge is 2.12. The average molecular weight is 332 g/mol. The number of hydrogen-bond acceptors (Lipinski definition) is 2. The Morgan fingerprint density at radius 1 is 1.15 bits per heavy atom. The van der Waals surface area contributed by atoms with Crippen molar-refractivity contribution in [3.63, 3.8) is 0 Å². The fourth-order valence-electron chi connectivity index (χ4n) is 2.18. The van der Waals surface area contributed by atoms with Crippen LogP contribution in [0.4, 0.5) is 5.69 Å². The highest BCUT2D eigenvalue weighted by molar-refractivity contribution is 9.10. The molecular formula is C17H18BrNO. The summed E-state index contributed by atoms with van der Waals surface area (Å²) < 4.78 is 0.926. The molecule has 0 spiro atoms. The van der Waals surface area contributed by atoms with Crippen LogP contribution < -0.4 is 4.90 Å². The van der Waals surface area contributed by atoms with Crippen molar-refractivity contribution in [3.8, 4) is 0 Å². The molecule has 0 bridgehead atoms. The minimum atomic E-state index is 0.0806.